The van der Waals surface area contributed by atoms with Crippen LogP contribution in [-0.4, -0.2) is 95.0 Å². The van der Waals surface area contributed by atoms with Gasteiger partial charge in [-0.3, -0.25) is 4.79 Å². The van der Waals surface area contributed by atoms with Gasteiger partial charge in [0.2, 0.25) is 11.9 Å². The van der Waals surface area contributed by atoms with E-state index in [0.717, 1.165) is 40.2 Å². The number of carbonyl (C=O) groups is 1. The lowest BCUT2D eigenvalue weighted by Gasteiger charge is -2.31. The Labute approximate surface area is 279 Å². The Bertz CT molecular complexity index is 2220. The number of aryl methyl sites for hydroxylation is 1. The molecule has 2 aliphatic rings. The highest BCUT2D eigenvalue weighted by atomic mass is 19.1. The highest BCUT2D eigenvalue weighted by molar-refractivity contribution is 5.93. The van der Waals surface area contributed by atoms with Gasteiger partial charge in [-0.25, -0.2) is 38.4 Å². The van der Waals surface area contributed by atoms with Crippen LogP contribution in [0, 0.1) is 18.6 Å². The smallest absolute Gasteiger partial charge is 0.245 e. The highest BCUT2D eigenvalue weighted by Crippen LogP contribution is 2.34. The van der Waals surface area contributed by atoms with Crippen molar-refractivity contribution in [2.45, 2.75) is 45.0 Å². The van der Waals surface area contributed by atoms with E-state index in [1.165, 1.54) is 23.3 Å². The Balaban J connectivity index is 1.22. The number of hydrogen-bond acceptors (Lipinski definition) is 10. The second kappa shape index (κ2) is 12.1. The van der Waals surface area contributed by atoms with Crippen molar-refractivity contribution in [1.82, 2.24) is 44.2 Å². The van der Waals surface area contributed by atoms with E-state index >= 15 is 0 Å². The number of fused-ring (bicyclic) bond motifs is 6. The Hall–Kier alpha value is -5.57. The number of halogens is 2. The molecule has 15 heteroatoms. The maximum absolute atomic E-state index is 14.8. The number of carbonyl (C=O) groups excluding carboxylic acids is 1. The topological polar surface area (TPSA) is 132 Å². The maximum Gasteiger partial charge on any atom is 0.245 e. The van der Waals surface area contributed by atoms with Gasteiger partial charge >= 0.3 is 0 Å². The van der Waals surface area contributed by atoms with E-state index in [4.69, 9.17) is 14.7 Å². The lowest BCUT2D eigenvalue weighted by Crippen LogP contribution is -2.47. The Kier molecular flexibility index (Phi) is 7.62. The predicted octanol–water partition coefficient (Wildman–Crippen LogP) is 4.15. The summed E-state index contributed by atoms with van der Waals surface area (Å²) < 4.78 is 38.2. The number of hydrogen-bond donors (Lipinski definition) is 1. The fourth-order valence-electron chi connectivity index (χ4n) is 7.04. The number of nitrogens with one attached hydrogen (secondary N) is 1. The van der Waals surface area contributed by atoms with Crippen LogP contribution in [0.3, 0.4) is 0 Å². The lowest BCUT2D eigenvalue weighted by atomic mass is 10.1. The summed E-state index contributed by atoms with van der Waals surface area (Å²) in [6.07, 6.45) is 4.72. The molecule has 6 aromatic rings. The fourth-order valence-corrected chi connectivity index (χ4v) is 7.04. The van der Waals surface area contributed by atoms with Crippen molar-refractivity contribution < 1.29 is 18.3 Å². The molecule has 2 aromatic carbocycles. The molecule has 1 N–H and O–H groups in total. The first-order chi connectivity index (χ1) is 23.8. The zero-order valence-corrected chi connectivity index (χ0v) is 27.1. The first-order valence-corrected chi connectivity index (χ1v) is 16.1. The number of anilines is 2. The summed E-state index contributed by atoms with van der Waals surface area (Å²) in [7, 11) is 1.78. The molecule has 2 aliphatic heterocycles. The van der Waals surface area contributed by atoms with Crippen molar-refractivity contribution in [1.29, 1.82) is 0 Å². The van der Waals surface area contributed by atoms with Crippen LogP contribution in [0.2, 0.25) is 0 Å². The summed E-state index contributed by atoms with van der Waals surface area (Å²) >= 11 is 0. The quantitative estimate of drug-likeness (QED) is 0.293. The minimum atomic E-state index is -0.779. The highest BCUT2D eigenvalue weighted by Gasteiger charge is 2.41. The van der Waals surface area contributed by atoms with E-state index in [0.29, 0.717) is 55.5 Å². The number of para-hydroxylation sites is 1. The molecule has 1 amide bonds. The van der Waals surface area contributed by atoms with Gasteiger partial charge in [-0.15, -0.1) is 0 Å². The third-order valence-electron chi connectivity index (χ3n) is 9.21. The molecule has 0 radical (unpaired) electrons. The molecule has 1 fully saturated rings. The van der Waals surface area contributed by atoms with Crippen LogP contribution in [0.15, 0.2) is 61.2 Å². The van der Waals surface area contributed by atoms with Crippen molar-refractivity contribution in [2.24, 2.45) is 0 Å². The van der Waals surface area contributed by atoms with Crippen molar-refractivity contribution >= 4 is 39.7 Å². The van der Waals surface area contributed by atoms with Gasteiger partial charge in [0.1, 0.15) is 35.5 Å². The number of benzene rings is 2. The second-order valence-electron chi connectivity index (χ2n) is 12.3. The number of aromatic nitrogens is 8. The molecule has 0 saturated carbocycles. The van der Waals surface area contributed by atoms with Gasteiger partial charge in [-0.1, -0.05) is 12.1 Å². The van der Waals surface area contributed by atoms with Crippen molar-refractivity contribution in [2.75, 3.05) is 37.0 Å². The van der Waals surface area contributed by atoms with Crippen molar-refractivity contribution in [3.05, 3.63) is 78.6 Å². The van der Waals surface area contributed by atoms with Gasteiger partial charge in [0, 0.05) is 50.6 Å². The summed E-state index contributed by atoms with van der Waals surface area (Å²) in [5.41, 5.74) is 3.82. The summed E-state index contributed by atoms with van der Waals surface area (Å²) in [5.74, 6) is 0.139. The molecule has 8 rings (SSSR count). The van der Waals surface area contributed by atoms with Gasteiger partial charge in [0.25, 0.3) is 0 Å². The molecular weight excluding hydrogens is 632 g/mol. The van der Waals surface area contributed by atoms with Crippen molar-refractivity contribution in [3.63, 3.8) is 0 Å². The normalized spacial score (nSPS) is 19.7. The largest absolute Gasteiger partial charge is 0.375 e. The number of likely N-dealkylation sites (N-methyl/N-ethyl adjacent to an activating group) is 1. The van der Waals surface area contributed by atoms with Crippen LogP contribution in [0.4, 0.5) is 20.5 Å². The van der Waals surface area contributed by atoms with E-state index in [1.807, 2.05) is 43.0 Å². The molecule has 4 bridgehead atoms. The van der Waals surface area contributed by atoms with Crippen LogP contribution in [0.25, 0.3) is 39.0 Å². The number of imidazole rings is 1. The third kappa shape index (κ3) is 5.39. The minimum absolute atomic E-state index is 0.0433. The van der Waals surface area contributed by atoms with Gasteiger partial charge in [-0.05, 0) is 44.5 Å². The van der Waals surface area contributed by atoms with Gasteiger partial charge in [-0.2, -0.15) is 5.10 Å². The number of nitrogens with zero attached hydrogens (tertiary/aromatic N) is 10. The zero-order chi connectivity index (χ0) is 33.8. The van der Waals surface area contributed by atoms with E-state index in [1.54, 1.807) is 18.1 Å². The maximum atomic E-state index is 14.8. The van der Waals surface area contributed by atoms with Gasteiger partial charge in [0.05, 0.1) is 41.0 Å². The van der Waals surface area contributed by atoms with Crippen LogP contribution >= 0.6 is 0 Å². The minimum Gasteiger partial charge on any atom is -0.375 e. The molecule has 0 spiro atoms. The molecule has 4 aromatic heterocycles. The van der Waals surface area contributed by atoms with Crippen LogP contribution in [0.1, 0.15) is 19.2 Å². The van der Waals surface area contributed by atoms with Gasteiger partial charge in [0.15, 0.2) is 11.5 Å². The fraction of sp³-hybridized carbons (Fsp3) is 0.324. The Morgan fingerprint density at radius 3 is 2.76 bits per heavy atom. The molecule has 13 nitrogen and oxygen atoms in total. The summed E-state index contributed by atoms with van der Waals surface area (Å²) in [5, 5.41) is 8.37. The lowest BCUT2D eigenvalue weighted by molar-refractivity contribution is -0.133. The number of rotatable bonds is 4. The standard InChI is InChI=1S/C34H33F2N11O2/c1-4-49-22-16-44(3)33(48)29-13-21(42-34-37-11-10-26(43-34)23-6-5-7-27-30(23)45(17-22)19(2)41-27)15-46(29)31-24-14-40-47(32(24)39-18-38-31)28-9-8-20(35)12-25(28)36/h5-12,14,18,21-22,29H,4,13,15-17H2,1-3H3,(H,37,42,43)/t21-,22+,29-/m0/s1. The second-order valence-corrected chi connectivity index (χ2v) is 12.3. The molecule has 0 aliphatic carbocycles. The first kappa shape index (κ1) is 30.7. The van der Waals surface area contributed by atoms with Gasteiger partial charge < -0.3 is 24.4 Å². The summed E-state index contributed by atoms with van der Waals surface area (Å²) in [6, 6.07) is 10.3. The summed E-state index contributed by atoms with van der Waals surface area (Å²) in [6.45, 7) is 5.58. The zero-order valence-electron chi connectivity index (χ0n) is 27.1. The molecular formula is C34H33F2N11O2. The molecule has 1 saturated heterocycles. The van der Waals surface area contributed by atoms with E-state index in [-0.39, 0.29) is 23.7 Å². The number of amides is 1. The Morgan fingerprint density at radius 1 is 1.04 bits per heavy atom. The molecule has 49 heavy (non-hydrogen) atoms. The van der Waals surface area contributed by atoms with E-state index in [2.05, 4.69) is 29.9 Å². The number of ether oxygens (including phenoxy) is 1. The molecule has 3 atom stereocenters. The van der Waals surface area contributed by atoms with Crippen LogP contribution in [0.5, 0.6) is 0 Å². The summed E-state index contributed by atoms with van der Waals surface area (Å²) in [4.78, 5) is 41.3. The van der Waals surface area contributed by atoms with E-state index in [9.17, 15) is 13.6 Å². The molecule has 250 valence electrons. The predicted molar refractivity (Wildman–Crippen MR) is 178 cm³/mol. The monoisotopic (exact) mass is 665 g/mol. The molecule has 6 heterocycles. The molecule has 0 unspecified atom stereocenters. The average Bonchev–Trinajstić information content (AvgIpc) is 3.79. The van der Waals surface area contributed by atoms with Crippen LogP contribution < -0.4 is 10.2 Å². The SMILES string of the molecule is CCO[C@@H]1CN(C)C(=O)[C@@H]2C[C@@H](CN2c2ncnc3c2cnn3-c2ccc(F)cc2F)Nc2nccc(n2)-c2cccc3nc(C)n(c23)C1. The Morgan fingerprint density at radius 2 is 1.92 bits per heavy atom. The van der Waals surface area contributed by atoms with Crippen molar-refractivity contribution in [3.8, 4) is 16.9 Å². The third-order valence-corrected chi connectivity index (χ3v) is 9.21. The average molecular weight is 666 g/mol. The van der Waals surface area contributed by atoms with E-state index < -0.39 is 17.7 Å². The van der Waals surface area contributed by atoms with Crippen LogP contribution in [-0.2, 0) is 16.1 Å². The first-order valence-electron chi connectivity index (χ1n) is 16.1.